The molecule has 1 aromatic rings. The van der Waals surface area contributed by atoms with E-state index in [-0.39, 0.29) is 6.42 Å². The van der Waals surface area contributed by atoms with Gasteiger partial charge in [0.25, 0.3) is 0 Å². The molecule has 86 valence electrons. The van der Waals surface area contributed by atoms with Crippen molar-refractivity contribution in [3.8, 4) is 0 Å². The minimum Gasteiger partial charge on any atom is -0.469 e. The zero-order valence-corrected chi connectivity index (χ0v) is 9.51. The summed E-state index contributed by atoms with van der Waals surface area (Å²) in [5.74, 6) is -0.428. The van der Waals surface area contributed by atoms with Gasteiger partial charge in [0.2, 0.25) is 0 Å². The molecule has 0 aliphatic carbocycles. The van der Waals surface area contributed by atoms with Crippen molar-refractivity contribution < 1.29 is 14.6 Å². The van der Waals surface area contributed by atoms with Gasteiger partial charge in [0, 0.05) is 0 Å². The summed E-state index contributed by atoms with van der Waals surface area (Å²) in [5, 5.41) is 9.89. The van der Waals surface area contributed by atoms with E-state index < -0.39 is 11.6 Å². The average Bonchev–Trinajstić information content (AvgIpc) is 2.27. The molecule has 1 aromatic carbocycles. The highest BCUT2D eigenvalue weighted by Crippen LogP contribution is 2.14. The van der Waals surface area contributed by atoms with Crippen molar-refractivity contribution in [3.05, 3.63) is 42.0 Å². The molecule has 0 unspecified atom stereocenters. The lowest BCUT2D eigenvalue weighted by atomic mass is 10.0. The van der Waals surface area contributed by atoms with Crippen LogP contribution in [-0.2, 0) is 9.53 Å². The third-order valence-corrected chi connectivity index (χ3v) is 2.16. The summed E-state index contributed by atoms with van der Waals surface area (Å²) in [6.45, 7) is 1.57. The van der Waals surface area contributed by atoms with Gasteiger partial charge in [-0.1, -0.05) is 42.5 Å². The topological polar surface area (TPSA) is 46.5 Å². The lowest BCUT2D eigenvalue weighted by molar-refractivity contribution is -0.144. The molecule has 0 aliphatic heterocycles. The van der Waals surface area contributed by atoms with Crippen molar-refractivity contribution in [1.29, 1.82) is 0 Å². The molecule has 0 radical (unpaired) electrons. The molecule has 0 aromatic heterocycles. The van der Waals surface area contributed by atoms with Gasteiger partial charge in [-0.2, -0.15) is 0 Å². The van der Waals surface area contributed by atoms with Crippen LogP contribution in [0.25, 0.3) is 6.08 Å². The zero-order valence-electron chi connectivity index (χ0n) is 9.51. The molecule has 1 rings (SSSR count). The minimum atomic E-state index is -1.18. The average molecular weight is 220 g/mol. The van der Waals surface area contributed by atoms with Crippen molar-refractivity contribution in [3.63, 3.8) is 0 Å². The van der Waals surface area contributed by atoms with Crippen LogP contribution < -0.4 is 0 Å². The van der Waals surface area contributed by atoms with Gasteiger partial charge in [-0.3, -0.25) is 4.79 Å². The minimum absolute atomic E-state index is 0.0488. The standard InChI is InChI=1S/C13H16O3/c1-13(15,10-12(14)16-2)9-8-11-6-4-3-5-7-11/h3-9,15H,10H2,1-2H3/b9-8+/t13-/m1/s1. The molecule has 0 spiro atoms. The molecule has 0 fully saturated rings. The van der Waals surface area contributed by atoms with E-state index in [2.05, 4.69) is 4.74 Å². The Hall–Kier alpha value is -1.61. The molecule has 0 amide bonds. The first-order chi connectivity index (χ1) is 7.53. The summed E-state index contributed by atoms with van der Waals surface area (Å²) in [4.78, 5) is 11.0. The Labute approximate surface area is 95.4 Å². The van der Waals surface area contributed by atoms with Gasteiger partial charge in [0.15, 0.2) is 0 Å². The summed E-state index contributed by atoms with van der Waals surface area (Å²) in [6.07, 6.45) is 3.33. The second-order valence-electron chi connectivity index (χ2n) is 3.85. The predicted molar refractivity (Wildman–Crippen MR) is 62.7 cm³/mol. The molecular formula is C13H16O3. The number of hydrogen-bond donors (Lipinski definition) is 1. The van der Waals surface area contributed by atoms with Crippen LogP contribution in [0.15, 0.2) is 36.4 Å². The highest BCUT2D eigenvalue weighted by molar-refractivity contribution is 5.71. The number of benzene rings is 1. The van der Waals surface area contributed by atoms with E-state index in [1.165, 1.54) is 7.11 Å². The number of carbonyl (C=O) groups excluding carboxylic acids is 1. The fraction of sp³-hybridized carbons (Fsp3) is 0.308. The van der Waals surface area contributed by atoms with Crippen LogP contribution in [-0.4, -0.2) is 23.8 Å². The zero-order chi connectivity index (χ0) is 12.0. The van der Waals surface area contributed by atoms with Gasteiger partial charge in [-0.05, 0) is 12.5 Å². The summed E-state index contributed by atoms with van der Waals surface area (Å²) < 4.78 is 4.51. The van der Waals surface area contributed by atoms with E-state index in [0.717, 1.165) is 5.56 Å². The van der Waals surface area contributed by atoms with E-state index in [1.807, 2.05) is 30.3 Å². The first-order valence-electron chi connectivity index (χ1n) is 5.07. The van der Waals surface area contributed by atoms with Gasteiger partial charge in [0.05, 0.1) is 19.1 Å². The molecule has 1 N–H and O–H groups in total. The van der Waals surface area contributed by atoms with Crippen molar-refractivity contribution in [2.24, 2.45) is 0 Å². The Kier molecular flexibility index (Phi) is 4.26. The lowest BCUT2D eigenvalue weighted by Gasteiger charge is -2.16. The third-order valence-electron chi connectivity index (χ3n) is 2.16. The van der Waals surface area contributed by atoms with E-state index in [4.69, 9.17) is 0 Å². The van der Waals surface area contributed by atoms with Crippen LogP contribution in [0.1, 0.15) is 18.9 Å². The number of hydrogen-bond acceptors (Lipinski definition) is 3. The van der Waals surface area contributed by atoms with Crippen molar-refractivity contribution in [2.75, 3.05) is 7.11 Å². The van der Waals surface area contributed by atoms with Crippen LogP contribution >= 0.6 is 0 Å². The first-order valence-corrected chi connectivity index (χ1v) is 5.07. The van der Waals surface area contributed by atoms with Gasteiger partial charge in [-0.25, -0.2) is 0 Å². The molecule has 1 atom stereocenters. The summed E-state index contributed by atoms with van der Waals surface area (Å²) >= 11 is 0. The van der Waals surface area contributed by atoms with Gasteiger partial charge in [0.1, 0.15) is 0 Å². The molecule has 3 heteroatoms. The highest BCUT2D eigenvalue weighted by Gasteiger charge is 2.21. The number of rotatable bonds is 4. The van der Waals surface area contributed by atoms with E-state index >= 15 is 0 Å². The largest absolute Gasteiger partial charge is 0.469 e. The molecule has 0 aliphatic rings. The molecular weight excluding hydrogens is 204 g/mol. The Bertz CT molecular complexity index is 366. The SMILES string of the molecule is COC(=O)C[C@](C)(O)/C=C/c1ccccc1. The molecule has 3 nitrogen and oxygen atoms in total. The number of esters is 1. The molecule has 0 saturated carbocycles. The van der Waals surface area contributed by atoms with E-state index in [0.29, 0.717) is 0 Å². The first kappa shape index (κ1) is 12.5. The number of aliphatic hydroxyl groups is 1. The smallest absolute Gasteiger partial charge is 0.308 e. The number of methoxy groups -OCH3 is 1. The van der Waals surface area contributed by atoms with Gasteiger partial charge in [-0.15, -0.1) is 0 Å². The van der Waals surface area contributed by atoms with Crippen molar-refractivity contribution in [2.45, 2.75) is 18.9 Å². The third kappa shape index (κ3) is 4.28. The van der Waals surface area contributed by atoms with Crippen LogP contribution in [0.2, 0.25) is 0 Å². The predicted octanol–water partition coefficient (Wildman–Crippen LogP) is 2.01. The molecule has 16 heavy (non-hydrogen) atoms. The second kappa shape index (κ2) is 5.47. The summed E-state index contributed by atoms with van der Waals surface area (Å²) in [5.41, 5.74) is -0.198. The van der Waals surface area contributed by atoms with Gasteiger partial charge < -0.3 is 9.84 Å². The van der Waals surface area contributed by atoms with Crippen LogP contribution in [0.4, 0.5) is 0 Å². The number of carbonyl (C=O) groups is 1. The van der Waals surface area contributed by atoms with Crippen molar-refractivity contribution >= 4 is 12.0 Å². The van der Waals surface area contributed by atoms with Crippen LogP contribution in [0.3, 0.4) is 0 Å². The quantitative estimate of drug-likeness (QED) is 0.789. The van der Waals surface area contributed by atoms with E-state index in [9.17, 15) is 9.90 Å². The summed E-state index contributed by atoms with van der Waals surface area (Å²) in [7, 11) is 1.30. The second-order valence-corrected chi connectivity index (χ2v) is 3.85. The lowest BCUT2D eigenvalue weighted by Crippen LogP contribution is -2.25. The Morgan fingerprint density at radius 2 is 2.06 bits per heavy atom. The maximum Gasteiger partial charge on any atom is 0.308 e. The Morgan fingerprint density at radius 1 is 1.44 bits per heavy atom. The normalized spacial score (nSPS) is 14.7. The fourth-order valence-corrected chi connectivity index (χ4v) is 1.26. The maximum atomic E-state index is 11.0. The molecule has 0 heterocycles. The molecule has 0 saturated heterocycles. The Morgan fingerprint density at radius 3 is 2.62 bits per heavy atom. The van der Waals surface area contributed by atoms with Crippen LogP contribution in [0.5, 0.6) is 0 Å². The Balaban J connectivity index is 2.65. The number of ether oxygens (including phenoxy) is 1. The van der Waals surface area contributed by atoms with Crippen molar-refractivity contribution in [1.82, 2.24) is 0 Å². The highest BCUT2D eigenvalue weighted by atomic mass is 16.5. The summed E-state index contributed by atoms with van der Waals surface area (Å²) in [6, 6.07) is 9.59. The maximum absolute atomic E-state index is 11.0. The van der Waals surface area contributed by atoms with Crippen LogP contribution in [0, 0.1) is 0 Å². The van der Waals surface area contributed by atoms with E-state index in [1.54, 1.807) is 19.1 Å². The molecule has 0 bridgehead atoms. The monoisotopic (exact) mass is 220 g/mol. The fourth-order valence-electron chi connectivity index (χ4n) is 1.26. The van der Waals surface area contributed by atoms with Gasteiger partial charge >= 0.3 is 5.97 Å².